The zero-order valence-corrected chi connectivity index (χ0v) is 10.1. The third-order valence-electron chi connectivity index (χ3n) is 2.68. The summed E-state index contributed by atoms with van der Waals surface area (Å²) in [6.45, 7) is 4.09. The van der Waals surface area contributed by atoms with Crippen LogP contribution in [-0.4, -0.2) is 5.84 Å². The van der Waals surface area contributed by atoms with E-state index in [9.17, 15) is 0 Å². The standard InChI is InChI=1S/C15H16N2/c1-11-8-9-12(2)14(10-11)17-15(16)13-6-4-3-5-7-13/h3-10H,1-2H3,(H2,16,17). The maximum Gasteiger partial charge on any atom is 0.131 e. The summed E-state index contributed by atoms with van der Waals surface area (Å²) in [5, 5.41) is 0. The van der Waals surface area contributed by atoms with Gasteiger partial charge in [-0.2, -0.15) is 0 Å². The summed E-state index contributed by atoms with van der Waals surface area (Å²) < 4.78 is 0. The lowest BCUT2D eigenvalue weighted by atomic mass is 10.1. The van der Waals surface area contributed by atoms with Crippen LogP contribution in [0.5, 0.6) is 0 Å². The van der Waals surface area contributed by atoms with Gasteiger partial charge in [0.05, 0.1) is 5.69 Å². The number of amidine groups is 1. The Morgan fingerprint density at radius 1 is 1.00 bits per heavy atom. The molecule has 2 aromatic rings. The molecule has 2 rings (SSSR count). The van der Waals surface area contributed by atoms with Gasteiger partial charge in [-0.15, -0.1) is 0 Å². The zero-order chi connectivity index (χ0) is 12.3. The molecule has 0 radical (unpaired) electrons. The molecule has 0 atom stereocenters. The van der Waals surface area contributed by atoms with Crippen LogP contribution in [0.3, 0.4) is 0 Å². The van der Waals surface area contributed by atoms with Gasteiger partial charge in [0.25, 0.3) is 0 Å². The van der Waals surface area contributed by atoms with Crippen LogP contribution in [0.25, 0.3) is 0 Å². The van der Waals surface area contributed by atoms with Crippen molar-refractivity contribution in [2.75, 3.05) is 0 Å². The van der Waals surface area contributed by atoms with E-state index in [-0.39, 0.29) is 0 Å². The number of aliphatic imine (C=N–C) groups is 1. The fourth-order valence-electron chi connectivity index (χ4n) is 1.64. The molecule has 2 heteroatoms. The van der Waals surface area contributed by atoms with Gasteiger partial charge >= 0.3 is 0 Å². The molecule has 0 saturated heterocycles. The van der Waals surface area contributed by atoms with E-state index in [1.807, 2.05) is 43.3 Å². The van der Waals surface area contributed by atoms with E-state index in [4.69, 9.17) is 5.73 Å². The number of hydrogen-bond acceptors (Lipinski definition) is 1. The normalized spacial score (nSPS) is 11.5. The third-order valence-corrected chi connectivity index (χ3v) is 2.68. The van der Waals surface area contributed by atoms with Gasteiger partial charge in [-0.05, 0) is 31.0 Å². The first-order chi connectivity index (χ1) is 8.16. The quantitative estimate of drug-likeness (QED) is 0.616. The monoisotopic (exact) mass is 224 g/mol. The molecule has 0 aliphatic heterocycles. The number of benzene rings is 2. The first-order valence-corrected chi connectivity index (χ1v) is 5.63. The van der Waals surface area contributed by atoms with Gasteiger partial charge in [-0.25, -0.2) is 4.99 Å². The zero-order valence-electron chi connectivity index (χ0n) is 10.1. The van der Waals surface area contributed by atoms with E-state index in [0.717, 1.165) is 16.8 Å². The SMILES string of the molecule is Cc1ccc(C)c(N=C(N)c2ccccc2)c1. The predicted octanol–water partition coefficient (Wildman–Crippen LogP) is 3.34. The van der Waals surface area contributed by atoms with Crippen LogP contribution in [-0.2, 0) is 0 Å². The minimum atomic E-state index is 0.555. The van der Waals surface area contributed by atoms with Crippen molar-refractivity contribution in [2.45, 2.75) is 13.8 Å². The average Bonchev–Trinajstić information content (AvgIpc) is 2.35. The molecule has 0 heterocycles. The van der Waals surface area contributed by atoms with Crippen molar-refractivity contribution < 1.29 is 0 Å². The summed E-state index contributed by atoms with van der Waals surface area (Å²) in [6.07, 6.45) is 0. The van der Waals surface area contributed by atoms with E-state index in [2.05, 4.69) is 24.0 Å². The Balaban J connectivity index is 2.39. The summed E-state index contributed by atoms with van der Waals surface area (Å²) in [7, 11) is 0. The molecule has 0 fully saturated rings. The van der Waals surface area contributed by atoms with Crippen LogP contribution in [0, 0.1) is 13.8 Å². The Hall–Kier alpha value is -2.09. The second-order valence-electron chi connectivity index (χ2n) is 4.15. The van der Waals surface area contributed by atoms with Crippen molar-refractivity contribution >= 4 is 11.5 Å². The Morgan fingerprint density at radius 3 is 2.41 bits per heavy atom. The smallest absolute Gasteiger partial charge is 0.131 e. The van der Waals surface area contributed by atoms with Gasteiger partial charge < -0.3 is 5.73 Å². The van der Waals surface area contributed by atoms with Gasteiger partial charge in [0.1, 0.15) is 5.84 Å². The molecular formula is C15H16N2. The van der Waals surface area contributed by atoms with Crippen LogP contribution in [0.1, 0.15) is 16.7 Å². The van der Waals surface area contributed by atoms with Gasteiger partial charge in [0.2, 0.25) is 0 Å². The van der Waals surface area contributed by atoms with Gasteiger partial charge in [-0.3, -0.25) is 0 Å². The maximum absolute atomic E-state index is 6.00. The predicted molar refractivity (Wildman–Crippen MR) is 72.7 cm³/mol. The van der Waals surface area contributed by atoms with Crippen molar-refractivity contribution in [3.05, 3.63) is 65.2 Å². The second-order valence-corrected chi connectivity index (χ2v) is 4.15. The molecular weight excluding hydrogens is 208 g/mol. The molecule has 0 amide bonds. The van der Waals surface area contributed by atoms with Crippen LogP contribution in [0.15, 0.2) is 53.5 Å². The number of nitrogens with two attached hydrogens (primary N) is 1. The van der Waals surface area contributed by atoms with E-state index >= 15 is 0 Å². The van der Waals surface area contributed by atoms with Gasteiger partial charge in [-0.1, -0.05) is 42.5 Å². The van der Waals surface area contributed by atoms with Crippen LogP contribution < -0.4 is 5.73 Å². The third kappa shape index (κ3) is 2.72. The highest BCUT2D eigenvalue weighted by Crippen LogP contribution is 2.20. The summed E-state index contributed by atoms with van der Waals surface area (Å²) in [5.74, 6) is 0.555. The lowest BCUT2D eigenvalue weighted by Crippen LogP contribution is -2.12. The molecule has 0 spiro atoms. The highest BCUT2D eigenvalue weighted by Gasteiger charge is 2.00. The molecule has 0 saturated carbocycles. The first-order valence-electron chi connectivity index (χ1n) is 5.63. The summed E-state index contributed by atoms with van der Waals surface area (Å²) in [5.41, 5.74) is 10.2. The lowest BCUT2D eigenvalue weighted by molar-refractivity contribution is 1.34. The molecule has 2 aromatic carbocycles. The Morgan fingerprint density at radius 2 is 1.71 bits per heavy atom. The first kappa shape index (κ1) is 11.4. The van der Waals surface area contributed by atoms with E-state index in [1.165, 1.54) is 5.56 Å². The van der Waals surface area contributed by atoms with E-state index < -0.39 is 0 Å². The molecule has 0 aliphatic rings. The Labute approximate surface area is 102 Å². The summed E-state index contributed by atoms with van der Waals surface area (Å²) in [6, 6.07) is 16.0. The van der Waals surface area contributed by atoms with Crippen molar-refractivity contribution in [2.24, 2.45) is 10.7 Å². The summed E-state index contributed by atoms with van der Waals surface area (Å²) >= 11 is 0. The highest BCUT2D eigenvalue weighted by molar-refractivity contribution is 5.99. The Kier molecular flexibility index (Phi) is 3.24. The second kappa shape index (κ2) is 4.83. The number of aryl methyl sites for hydroxylation is 2. The van der Waals surface area contributed by atoms with Crippen LogP contribution in [0.4, 0.5) is 5.69 Å². The average molecular weight is 224 g/mol. The lowest BCUT2D eigenvalue weighted by Gasteiger charge is -2.04. The number of rotatable bonds is 2. The molecule has 2 nitrogen and oxygen atoms in total. The van der Waals surface area contributed by atoms with Gasteiger partial charge in [0.15, 0.2) is 0 Å². The molecule has 0 bridgehead atoms. The largest absolute Gasteiger partial charge is 0.383 e. The number of nitrogens with zero attached hydrogens (tertiary/aromatic N) is 1. The molecule has 0 aromatic heterocycles. The van der Waals surface area contributed by atoms with Crippen molar-refractivity contribution in [3.8, 4) is 0 Å². The highest BCUT2D eigenvalue weighted by atomic mass is 14.9. The molecule has 17 heavy (non-hydrogen) atoms. The molecule has 0 unspecified atom stereocenters. The van der Waals surface area contributed by atoms with E-state index in [1.54, 1.807) is 0 Å². The molecule has 86 valence electrons. The van der Waals surface area contributed by atoms with Crippen molar-refractivity contribution in [1.82, 2.24) is 0 Å². The maximum atomic E-state index is 6.00. The van der Waals surface area contributed by atoms with E-state index in [0.29, 0.717) is 5.84 Å². The topological polar surface area (TPSA) is 38.4 Å². The fraction of sp³-hybridized carbons (Fsp3) is 0.133. The van der Waals surface area contributed by atoms with Gasteiger partial charge in [0, 0.05) is 5.56 Å². The minimum absolute atomic E-state index is 0.555. The summed E-state index contributed by atoms with van der Waals surface area (Å²) in [4.78, 5) is 4.48. The Bertz CT molecular complexity index is 542. The van der Waals surface area contributed by atoms with Crippen LogP contribution in [0.2, 0.25) is 0 Å². The molecule has 2 N–H and O–H groups in total. The van der Waals surface area contributed by atoms with Crippen molar-refractivity contribution in [1.29, 1.82) is 0 Å². The minimum Gasteiger partial charge on any atom is -0.383 e. The van der Waals surface area contributed by atoms with Crippen molar-refractivity contribution in [3.63, 3.8) is 0 Å². The number of hydrogen-bond donors (Lipinski definition) is 1. The fourth-order valence-corrected chi connectivity index (χ4v) is 1.64. The molecule has 0 aliphatic carbocycles. The van der Waals surface area contributed by atoms with Crippen LogP contribution >= 0.6 is 0 Å².